The lowest BCUT2D eigenvalue weighted by molar-refractivity contribution is 0.0240. The van der Waals surface area contributed by atoms with Gasteiger partial charge in [-0.05, 0) is 69.1 Å². The van der Waals surface area contributed by atoms with Gasteiger partial charge >= 0.3 is 6.09 Å². The fourth-order valence-electron chi connectivity index (χ4n) is 3.84. The van der Waals surface area contributed by atoms with Crippen molar-refractivity contribution in [3.63, 3.8) is 0 Å². The highest BCUT2D eigenvalue weighted by Gasteiger charge is 2.31. The van der Waals surface area contributed by atoms with Gasteiger partial charge in [0.2, 0.25) is 0 Å². The van der Waals surface area contributed by atoms with Gasteiger partial charge in [-0.2, -0.15) is 5.26 Å². The zero-order valence-corrected chi connectivity index (χ0v) is 17.9. The monoisotopic (exact) mass is 383 g/mol. The number of nitrogens with zero attached hydrogens (tertiary/aromatic N) is 3. The van der Waals surface area contributed by atoms with E-state index in [2.05, 4.69) is 36.9 Å². The Labute approximate surface area is 169 Å². The lowest BCUT2D eigenvalue weighted by Crippen LogP contribution is -2.50. The third-order valence-corrected chi connectivity index (χ3v) is 5.25. The summed E-state index contributed by atoms with van der Waals surface area (Å²) in [5.41, 5.74) is 3.95. The number of nitriles is 1. The van der Waals surface area contributed by atoms with Gasteiger partial charge in [0.15, 0.2) is 0 Å². The Hall–Kier alpha value is -2.22. The topological polar surface area (TPSA) is 56.6 Å². The van der Waals surface area contributed by atoms with Crippen LogP contribution in [-0.4, -0.2) is 42.8 Å². The highest BCUT2D eigenvalue weighted by atomic mass is 16.6. The van der Waals surface area contributed by atoms with E-state index >= 15 is 0 Å². The molecule has 1 aromatic rings. The lowest BCUT2D eigenvalue weighted by atomic mass is 9.94. The van der Waals surface area contributed by atoms with E-state index in [-0.39, 0.29) is 6.09 Å². The average Bonchev–Trinajstić information content (AvgIpc) is 3.44. The quantitative estimate of drug-likeness (QED) is 0.757. The average molecular weight is 384 g/mol. The van der Waals surface area contributed by atoms with Crippen molar-refractivity contribution in [1.82, 2.24) is 4.90 Å². The highest BCUT2D eigenvalue weighted by molar-refractivity contribution is 5.70. The van der Waals surface area contributed by atoms with Crippen LogP contribution in [0.1, 0.15) is 70.1 Å². The molecule has 152 valence electrons. The molecule has 5 heteroatoms. The van der Waals surface area contributed by atoms with Crippen LogP contribution >= 0.6 is 0 Å². The predicted octanol–water partition coefficient (Wildman–Crippen LogP) is 4.69. The minimum Gasteiger partial charge on any atom is -0.444 e. The first-order valence-electron chi connectivity index (χ1n) is 10.5. The Bertz CT molecular complexity index is 761. The maximum atomic E-state index is 12.3. The molecule has 1 saturated heterocycles. The fraction of sp³-hybridized carbons (Fsp3) is 0.652. The summed E-state index contributed by atoms with van der Waals surface area (Å²) in [6, 6.07) is 6.94. The largest absolute Gasteiger partial charge is 0.444 e. The first-order chi connectivity index (χ1) is 13.2. The molecule has 3 rings (SSSR count). The Morgan fingerprint density at radius 1 is 1.21 bits per heavy atom. The molecule has 1 saturated carbocycles. The highest BCUT2D eigenvalue weighted by Crippen LogP contribution is 2.44. The molecule has 1 aliphatic heterocycles. The molecule has 2 fully saturated rings. The van der Waals surface area contributed by atoms with E-state index in [0.717, 1.165) is 30.8 Å². The van der Waals surface area contributed by atoms with Crippen LogP contribution < -0.4 is 4.90 Å². The van der Waals surface area contributed by atoms with E-state index in [0.29, 0.717) is 24.9 Å². The van der Waals surface area contributed by atoms with Crippen molar-refractivity contribution in [2.75, 3.05) is 31.1 Å². The lowest BCUT2D eigenvalue weighted by Gasteiger charge is -2.37. The molecule has 1 aliphatic carbocycles. The number of hydrogen-bond acceptors (Lipinski definition) is 4. The van der Waals surface area contributed by atoms with Crippen LogP contribution in [0.25, 0.3) is 0 Å². The number of carbonyl (C=O) groups excluding carboxylic acids is 1. The second-order valence-corrected chi connectivity index (χ2v) is 9.52. The van der Waals surface area contributed by atoms with E-state index in [1.807, 2.05) is 20.8 Å². The normalized spacial score (nSPS) is 17.6. The van der Waals surface area contributed by atoms with Gasteiger partial charge < -0.3 is 14.5 Å². The number of ether oxygens (including phenoxy) is 1. The van der Waals surface area contributed by atoms with Crippen molar-refractivity contribution in [2.24, 2.45) is 5.92 Å². The number of amides is 1. The Kier molecular flexibility index (Phi) is 5.88. The van der Waals surface area contributed by atoms with Crippen molar-refractivity contribution in [1.29, 1.82) is 5.26 Å². The SMILES string of the molecule is CC(C)Cc1cc(C2CC2)c(C#N)c(N2CCN(C(=O)OC(C)(C)C)CC2)c1. The zero-order chi connectivity index (χ0) is 20.5. The fourth-order valence-corrected chi connectivity index (χ4v) is 3.84. The predicted molar refractivity (Wildman–Crippen MR) is 112 cm³/mol. The maximum Gasteiger partial charge on any atom is 0.410 e. The van der Waals surface area contributed by atoms with Gasteiger partial charge in [-0.15, -0.1) is 0 Å². The summed E-state index contributed by atoms with van der Waals surface area (Å²) in [6.45, 7) is 12.8. The molecule has 0 atom stereocenters. The van der Waals surface area contributed by atoms with Gasteiger partial charge in [-0.3, -0.25) is 0 Å². The molecule has 0 radical (unpaired) electrons. The maximum absolute atomic E-state index is 12.3. The summed E-state index contributed by atoms with van der Waals surface area (Å²) in [4.78, 5) is 16.4. The summed E-state index contributed by atoms with van der Waals surface area (Å²) >= 11 is 0. The Morgan fingerprint density at radius 2 is 1.86 bits per heavy atom. The Balaban J connectivity index is 1.79. The number of carbonyl (C=O) groups is 1. The minimum absolute atomic E-state index is 0.250. The third kappa shape index (κ3) is 4.98. The molecule has 2 aliphatic rings. The van der Waals surface area contributed by atoms with E-state index < -0.39 is 5.60 Å². The smallest absolute Gasteiger partial charge is 0.410 e. The van der Waals surface area contributed by atoms with Gasteiger partial charge in [-0.25, -0.2) is 4.79 Å². The third-order valence-electron chi connectivity index (χ3n) is 5.25. The van der Waals surface area contributed by atoms with E-state index in [4.69, 9.17) is 4.74 Å². The van der Waals surface area contributed by atoms with Gasteiger partial charge in [0.1, 0.15) is 11.7 Å². The number of benzene rings is 1. The molecule has 0 N–H and O–H groups in total. The molecule has 5 nitrogen and oxygen atoms in total. The van der Waals surface area contributed by atoms with Crippen molar-refractivity contribution in [3.8, 4) is 6.07 Å². The van der Waals surface area contributed by atoms with Crippen LogP contribution in [0.3, 0.4) is 0 Å². The van der Waals surface area contributed by atoms with Gasteiger partial charge in [0.05, 0.1) is 11.3 Å². The minimum atomic E-state index is -0.480. The van der Waals surface area contributed by atoms with Gasteiger partial charge in [-0.1, -0.05) is 19.9 Å². The van der Waals surface area contributed by atoms with Gasteiger partial charge in [0.25, 0.3) is 0 Å². The van der Waals surface area contributed by atoms with Crippen LogP contribution in [0.4, 0.5) is 10.5 Å². The van der Waals surface area contributed by atoms with Gasteiger partial charge in [0, 0.05) is 26.2 Å². The number of anilines is 1. The molecule has 0 aromatic heterocycles. The zero-order valence-electron chi connectivity index (χ0n) is 17.9. The van der Waals surface area contributed by atoms with Crippen LogP contribution in [0.5, 0.6) is 0 Å². The summed E-state index contributed by atoms with van der Waals surface area (Å²) in [5.74, 6) is 1.13. The van der Waals surface area contributed by atoms with Crippen LogP contribution in [0, 0.1) is 17.2 Å². The Morgan fingerprint density at radius 3 is 2.36 bits per heavy atom. The van der Waals surface area contributed by atoms with Crippen molar-refractivity contribution in [2.45, 2.75) is 65.4 Å². The summed E-state index contributed by atoms with van der Waals surface area (Å²) in [7, 11) is 0. The van der Waals surface area contributed by atoms with Crippen molar-refractivity contribution >= 4 is 11.8 Å². The van der Waals surface area contributed by atoms with Crippen LogP contribution in [0.2, 0.25) is 0 Å². The molecular weight excluding hydrogens is 350 g/mol. The number of rotatable bonds is 4. The second-order valence-electron chi connectivity index (χ2n) is 9.52. The first kappa shape index (κ1) is 20.5. The molecule has 0 spiro atoms. The standard InChI is InChI=1S/C23H33N3O2/c1-16(2)12-17-13-19(18-6-7-18)20(15-24)21(14-17)25-8-10-26(11-9-25)22(27)28-23(3,4)5/h13-14,16,18H,6-12H2,1-5H3. The molecule has 28 heavy (non-hydrogen) atoms. The van der Waals surface area contributed by atoms with E-state index in [9.17, 15) is 10.1 Å². The molecule has 1 amide bonds. The van der Waals surface area contributed by atoms with Crippen molar-refractivity contribution in [3.05, 3.63) is 28.8 Å². The molecule has 1 heterocycles. The molecule has 0 bridgehead atoms. The van der Waals surface area contributed by atoms with Crippen LogP contribution in [0.15, 0.2) is 12.1 Å². The summed E-state index contributed by atoms with van der Waals surface area (Å²) < 4.78 is 5.50. The molecule has 0 unspecified atom stereocenters. The van der Waals surface area contributed by atoms with Crippen LogP contribution in [-0.2, 0) is 11.2 Å². The van der Waals surface area contributed by atoms with E-state index in [1.54, 1.807) is 4.90 Å². The molecular formula is C23H33N3O2. The number of piperazine rings is 1. The number of hydrogen-bond donors (Lipinski definition) is 0. The second kappa shape index (κ2) is 8.03. The molecule has 1 aromatic carbocycles. The van der Waals surface area contributed by atoms with Crippen molar-refractivity contribution < 1.29 is 9.53 Å². The summed E-state index contributed by atoms with van der Waals surface area (Å²) in [5, 5.41) is 9.89. The first-order valence-corrected chi connectivity index (χ1v) is 10.5. The van der Waals surface area contributed by atoms with E-state index in [1.165, 1.54) is 24.0 Å². The summed E-state index contributed by atoms with van der Waals surface area (Å²) in [6.07, 6.45) is 3.15.